The number of hydrogen-bond acceptors (Lipinski definition) is 1. The average molecular weight is 326 g/mol. The van der Waals surface area contributed by atoms with Gasteiger partial charge in [-0.15, -0.1) is 0 Å². The van der Waals surface area contributed by atoms with Crippen LogP contribution in [0.2, 0.25) is 24.2 Å². The molecule has 1 fully saturated rings. The summed E-state index contributed by atoms with van der Waals surface area (Å²) in [6.45, 7) is 14.7. The lowest BCUT2D eigenvalue weighted by Gasteiger charge is -2.50. The van der Waals surface area contributed by atoms with Gasteiger partial charge in [0, 0.05) is 6.04 Å². The van der Waals surface area contributed by atoms with E-state index in [1.165, 1.54) is 56.3 Å². The Morgan fingerprint density at radius 2 is 1.48 bits per heavy atom. The number of nitrogens with one attached hydrogen (secondary N) is 1. The second-order valence-corrected chi connectivity index (χ2v) is 21.1. The Labute approximate surface area is 135 Å². The van der Waals surface area contributed by atoms with Gasteiger partial charge in [-0.05, 0) is 32.7 Å². The van der Waals surface area contributed by atoms with Crippen molar-refractivity contribution in [3.8, 4) is 0 Å². The smallest absolute Gasteiger partial charge is 0.142 e. The highest BCUT2D eigenvalue weighted by Gasteiger charge is 2.52. The molecule has 0 spiro atoms. The van der Waals surface area contributed by atoms with E-state index >= 15 is 0 Å². The molecule has 0 amide bonds. The second kappa shape index (κ2) is 8.68. The highest BCUT2D eigenvalue weighted by molar-refractivity contribution is 7.44. The highest BCUT2D eigenvalue weighted by atomic mass is 29.3. The molecular formula is C18H39NSi2. The van der Waals surface area contributed by atoms with Gasteiger partial charge in [0.2, 0.25) is 0 Å². The van der Waals surface area contributed by atoms with Gasteiger partial charge in [-0.1, -0.05) is 76.4 Å². The summed E-state index contributed by atoms with van der Waals surface area (Å²) in [4.78, 5) is 4.40. The molecular weight excluding hydrogens is 286 g/mol. The van der Waals surface area contributed by atoms with Crippen molar-refractivity contribution in [2.45, 2.75) is 104 Å². The van der Waals surface area contributed by atoms with E-state index in [9.17, 15) is 0 Å². The van der Waals surface area contributed by atoms with Gasteiger partial charge in [-0.25, -0.2) is 0 Å². The van der Waals surface area contributed by atoms with Gasteiger partial charge in [0.05, 0.1) is 7.59 Å². The molecule has 1 aliphatic rings. The summed E-state index contributed by atoms with van der Waals surface area (Å²) in [5, 5.41) is 1.76. The van der Waals surface area contributed by atoms with Crippen LogP contribution in [0.4, 0.5) is 0 Å². The molecule has 1 nitrogen and oxygen atoms in total. The SMILES string of the molecule is C/C=C(\C)[Si](CC)(NC1CCCCC1)[Si](CC)(CC)CC. The van der Waals surface area contributed by atoms with Crippen molar-refractivity contribution in [3.05, 3.63) is 11.3 Å². The maximum absolute atomic E-state index is 4.40. The van der Waals surface area contributed by atoms with E-state index < -0.39 is 15.3 Å². The van der Waals surface area contributed by atoms with Crippen LogP contribution in [0.5, 0.6) is 0 Å². The molecule has 0 aliphatic heterocycles. The summed E-state index contributed by atoms with van der Waals surface area (Å²) in [6, 6.07) is 6.61. The molecule has 0 radical (unpaired) electrons. The normalized spacial score (nSPS) is 21.3. The Bertz CT molecular complexity index is 322. The third-order valence-electron chi connectivity index (χ3n) is 6.63. The summed E-state index contributed by atoms with van der Waals surface area (Å²) in [5.74, 6) is 0. The van der Waals surface area contributed by atoms with Crippen LogP contribution in [0.1, 0.15) is 73.6 Å². The number of rotatable bonds is 8. The van der Waals surface area contributed by atoms with Crippen LogP contribution in [0, 0.1) is 0 Å². The van der Waals surface area contributed by atoms with E-state index in [0.717, 1.165) is 6.04 Å². The minimum atomic E-state index is -1.49. The average Bonchev–Trinajstić information content (AvgIpc) is 2.55. The van der Waals surface area contributed by atoms with Gasteiger partial charge < -0.3 is 4.98 Å². The molecule has 1 aliphatic carbocycles. The fourth-order valence-corrected chi connectivity index (χ4v) is 24.8. The van der Waals surface area contributed by atoms with Crippen LogP contribution in [0.15, 0.2) is 11.3 Å². The molecule has 0 aromatic carbocycles. The van der Waals surface area contributed by atoms with Crippen LogP contribution >= 0.6 is 0 Å². The summed E-state index contributed by atoms with van der Waals surface area (Å²) in [7, 11) is -2.70. The molecule has 1 unspecified atom stereocenters. The summed E-state index contributed by atoms with van der Waals surface area (Å²) in [6.07, 6.45) is 9.65. The Hall–Kier alpha value is 0.134. The van der Waals surface area contributed by atoms with Gasteiger partial charge >= 0.3 is 0 Å². The van der Waals surface area contributed by atoms with E-state index in [1.54, 1.807) is 5.20 Å². The Balaban J connectivity index is 3.19. The molecule has 124 valence electrons. The molecule has 0 aromatic heterocycles. The van der Waals surface area contributed by atoms with E-state index in [4.69, 9.17) is 0 Å². The highest BCUT2D eigenvalue weighted by Crippen LogP contribution is 2.37. The fraction of sp³-hybridized carbons (Fsp3) is 0.889. The first-order valence-corrected chi connectivity index (χ1v) is 15.3. The predicted molar refractivity (Wildman–Crippen MR) is 103 cm³/mol. The molecule has 0 bridgehead atoms. The van der Waals surface area contributed by atoms with Gasteiger partial charge in [0.25, 0.3) is 0 Å². The summed E-state index contributed by atoms with van der Waals surface area (Å²) in [5.41, 5.74) is 0. The van der Waals surface area contributed by atoms with Gasteiger partial charge in [-0.3, -0.25) is 0 Å². The lowest BCUT2D eigenvalue weighted by Crippen LogP contribution is -2.73. The predicted octanol–water partition coefficient (Wildman–Crippen LogP) is 5.97. The maximum atomic E-state index is 4.40. The Morgan fingerprint density at radius 1 is 0.952 bits per heavy atom. The Morgan fingerprint density at radius 3 is 1.86 bits per heavy atom. The standard InChI is InChI=1S/C18H39NSi2/c1-7-17(6)21(11-5,20(8-2,9-3)10-4)19-18-15-13-12-14-16-18/h7,18-19H,8-16H2,1-6H3/b17-7+. The van der Waals surface area contributed by atoms with Gasteiger partial charge in [0.1, 0.15) is 7.75 Å². The van der Waals surface area contributed by atoms with Crippen molar-refractivity contribution in [2.24, 2.45) is 0 Å². The van der Waals surface area contributed by atoms with Crippen molar-refractivity contribution in [3.63, 3.8) is 0 Å². The first kappa shape index (κ1) is 19.2. The molecule has 21 heavy (non-hydrogen) atoms. The van der Waals surface area contributed by atoms with Crippen LogP contribution < -0.4 is 4.98 Å². The van der Waals surface area contributed by atoms with Crippen LogP contribution in [-0.4, -0.2) is 21.4 Å². The lowest BCUT2D eigenvalue weighted by atomic mass is 9.96. The van der Waals surface area contributed by atoms with Gasteiger partial charge in [-0.2, -0.15) is 0 Å². The molecule has 0 heterocycles. The van der Waals surface area contributed by atoms with Crippen molar-refractivity contribution >= 4 is 15.3 Å². The Kier molecular flexibility index (Phi) is 7.93. The third-order valence-corrected chi connectivity index (χ3v) is 27.4. The molecule has 0 aromatic rings. The third kappa shape index (κ3) is 3.73. The van der Waals surface area contributed by atoms with E-state index in [1.807, 2.05) is 0 Å². The maximum Gasteiger partial charge on any atom is 0.142 e. The quantitative estimate of drug-likeness (QED) is 0.542. The number of hydrogen-bond donors (Lipinski definition) is 1. The fourth-order valence-electron chi connectivity index (χ4n) is 4.94. The first-order valence-electron chi connectivity index (χ1n) is 9.46. The first-order chi connectivity index (χ1) is 10.1. The zero-order valence-corrected chi connectivity index (χ0v) is 17.5. The van der Waals surface area contributed by atoms with E-state index in [0.29, 0.717) is 0 Å². The van der Waals surface area contributed by atoms with Crippen molar-refractivity contribution in [1.29, 1.82) is 0 Å². The van der Waals surface area contributed by atoms with Crippen molar-refractivity contribution < 1.29 is 0 Å². The number of allylic oxidation sites excluding steroid dienone is 2. The van der Waals surface area contributed by atoms with Crippen LogP contribution in [-0.2, 0) is 0 Å². The van der Waals surface area contributed by atoms with Crippen LogP contribution in [0.25, 0.3) is 0 Å². The molecule has 1 saturated carbocycles. The molecule has 1 N–H and O–H groups in total. The second-order valence-electron chi connectivity index (χ2n) is 7.05. The molecule has 1 rings (SSSR count). The van der Waals surface area contributed by atoms with Gasteiger partial charge in [0.15, 0.2) is 0 Å². The van der Waals surface area contributed by atoms with E-state index in [-0.39, 0.29) is 0 Å². The minimum absolute atomic E-state index is 0.816. The topological polar surface area (TPSA) is 12.0 Å². The summed E-state index contributed by atoms with van der Waals surface area (Å²) < 4.78 is 0. The molecule has 1 atom stereocenters. The lowest BCUT2D eigenvalue weighted by molar-refractivity contribution is 0.415. The van der Waals surface area contributed by atoms with Crippen molar-refractivity contribution in [1.82, 2.24) is 4.98 Å². The minimum Gasteiger partial charge on any atom is -0.333 e. The largest absolute Gasteiger partial charge is 0.333 e. The van der Waals surface area contributed by atoms with E-state index in [2.05, 4.69) is 52.6 Å². The zero-order chi connectivity index (χ0) is 15.9. The summed E-state index contributed by atoms with van der Waals surface area (Å²) >= 11 is 0. The zero-order valence-electron chi connectivity index (χ0n) is 15.5. The van der Waals surface area contributed by atoms with Crippen LogP contribution in [0.3, 0.4) is 0 Å². The molecule has 3 heteroatoms. The monoisotopic (exact) mass is 325 g/mol. The molecule has 0 saturated heterocycles. The van der Waals surface area contributed by atoms with Crippen molar-refractivity contribution in [2.75, 3.05) is 0 Å².